The van der Waals surface area contributed by atoms with Gasteiger partial charge in [0, 0.05) is 6.54 Å². The second-order valence-electron chi connectivity index (χ2n) is 4.03. The van der Waals surface area contributed by atoms with Crippen molar-refractivity contribution < 1.29 is 14.3 Å². The molecule has 1 aromatic carbocycles. The van der Waals surface area contributed by atoms with Crippen molar-refractivity contribution in [2.45, 2.75) is 12.1 Å². The molecule has 1 amide bonds. The molecule has 16 heavy (non-hydrogen) atoms. The summed E-state index contributed by atoms with van der Waals surface area (Å²) in [6.07, 6.45) is -0.359. The molecular weight excluding hydrogens is 206 g/mol. The van der Waals surface area contributed by atoms with Crippen LogP contribution >= 0.6 is 0 Å². The third kappa shape index (κ3) is 1.46. The molecule has 2 atom stereocenters. The van der Waals surface area contributed by atoms with E-state index in [0.29, 0.717) is 19.8 Å². The lowest BCUT2D eigenvalue weighted by molar-refractivity contribution is -0.178. The average molecular weight is 219 g/mol. The van der Waals surface area contributed by atoms with Gasteiger partial charge >= 0.3 is 0 Å². The van der Waals surface area contributed by atoms with Crippen LogP contribution < -0.4 is 4.74 Å². The number of nitrogens with zero attached hydrogens (tertiary/aromatic N) is 1. The Bertz CT molecular complexity index is 393. The molecule has 0 aliphatic carbocycles. The number of carbonyl (C=O) groups excluding carboxylic acids is 1. The highest BCUT2D eigenvalue weighted by Crippen LogP contribution is 2.27. The summed E-state index contributed by atoms with van der Waals surface area (Å²) in [6, 6.07) is 9.54. The number of morpholine rings is 1. The van der Waals surface area contributed by atoms with Crippen molar-refractivity contribution in [2.24, 2.45) is 0 Å². The first-order chi connectivity index (χ1) is 7.86. The number of rotatable bonds is 2. The van der Waals surface area contributed by atoms with Gasteiger partial charge in [-0.15, -0.1) is 0 Å². The van der Waals surface area contributed by atoms with Crippen molar-refractivity contribution >= 4 is 5.91 Å². The molecule has 0 spiro atoms. The predicted octanol–water partition coefficient (Wildman–Crippen LogP) is 0.675. The van der Waals surface area contributed by atoms with Gasteiger partial charge in [0.25, 0.3) is 5.91 Å². The number of para-hydroxylation sites is 1. The van der Waals surface area contributed by atoms with Crippen LogP contribution in [0.5, 0.6) is 5.75 Å². The Morgan fingerprint density at radius 3 is 2.94 bits per heavy atom. The van der Waals surface area contributed by atoms with E-state index >= 15 is 0 Å². The van der Waals surface area contributed by atoms with Gasteiger partial charge < -0.3 is 14.4 Å². The van der Waals surface area contributed by atoms with E-state index in [1.165, 1.54) is 0 Å². The monoisotopic (exact) mass is 219 g/mol. The van der Waals surface area contributed by atoms with Crippen LogP contribution in [0.1, 0.15) is 0 Å². The molecule has 4 nitrogen and oxygen atoms in total. The van der Waals surface area contributed by atoms with Gasteiger partial charge in [0.2, 0.25) is 0 Å². The molecular formula is C12H13NO3. The highest BCUT2D eigenvalue weighted by molar-refractivity contribution is 5.89. The number of β-lactam (4-membered cyclic amide) rings is 1. The zero-order valence-corrected chi connectivity index (χ0v) is 8.83. The lowest BCUT2D eigenvalue weighted by Gasteiger charge is -2.48. The lowest BCUT2D eigenvalue weighted by Crippen LogP contribution is -2.70. The lowest BCUT2D eigenvalue weighted by atomic mass is 9.97. The van der Waals surface area contributed by atoms with Crippen LogP contribution in [0.3, 0.4) is 0 Å². The number of hydrogen-bond acceptors (Lipinski definition) is 3. The summed E-state index contributed by atoms with van der Waals surface area (Å²) in [5.74, 6) is 0.822. The summed E-state index contributed by atoms with van der Waals surface area (Å²) < 4.78 is 11.0. The van der Waals surface area contributed by atoms with Crippen LogP contribution in [0.2, 0.25) is 0 Å². The quantitative estimate of drug-likeness (QED) is 0.686. The van der Waals surface area contributed by atoms with Crippen LogP contribution in [0.25, 0.3) is 0 Å². The van der Waals surface area contributed by atoms with Crippen molar-refractivity contribution in [3.8, 4) is 5.75 Å². The maximum absolute atomic E-state index is 11.7. The summed E-state index contributed by atoms with van der Waals surface area (Å²) in [5.41, 5.74) is 0. The van der Waals surface area contributed by atoms with Crippen molar-refractivity contribution in [2.75, 3.05) is 19.8 Å². The number of hydrogen-bond donors (Lipinski definition) is 0. The maximum Gasteiger partial charge on any atom is 0.266 e. The second-order valence-corrected chi connectivity index (χ2v) is 4.03. The van der Waals surface area contributed by atoms with E-state index in [2.05, 4.69) is 0 Å². The minimum atomic E-state index is -0.359. The molecule has 0 N–H and O–H groups in total. The molecule has 84 valence electrons. The summed E-state index contributed by atoms with van der Waals surface area (Å²) in [5, 5.41) is 0. The van der Waals surface area contributed by atoms with E-state index < -0.39 is 0 Å². The zero-order chi connectivity index (χ0) is 11.0. The van der Waals surface area contributed by atoms with Gasteiger partial charge in [0.1, 0.15) is 11.8 Å². The topological polar surface area (TPSA) is 38.8 Å². The molecule has 3 rings (SSSR count). The number of carbonyl (C=O) groups is 1. The van der Waals surface area contributed by atoms with E-state index in [9.17, 15) is 4.79 Å². The molecule has 2 aliphatic heterocycles. The van der Waals surface area contributed by atoms with Gasteiger partial charge in [-0.2, -0.15) is 0 Å². The Labute approximate surface area is 93.8 Å². The van der Waals surface area contributed by atoms with Crippen LogP contribution in [0.4, 0.5) is 0 Å². The minimum Gasteiger partial charge on any atom is -0.478 e. The maximum atomic E-state index is 11.7. The minimum absolute atomic E-state index is 0.0807. The molecule has 4 heteroatoms. The first kappa shape index (κ1) is 9.66. The van der Waals surface area contributed by atoms with E-state index in [1.54, 1.807) is 0 Å². The molecule has 2 fully saturated rings. The van der Waals surface area contributed by atoms with Crippen molar-refractivity contribution in [3.63, 3.8) is 0 Å². The first-order valence-corrected chi connectivity index (χ1v) is 5.46. The number of benzene rings is 1. The van der Waals surface area contributed by atoms with Crippen molar-refractivity contribution in [3.05, 3.63) is 30.3 Å². The van der Waals surface area contributed by atoms with Gasteiger partial charge in [0.05, 0.1) is 13.2 Å². The largest absolute Gasteiger partial charge is 0.478 e. The summed E-state index contributed by atoms with van der Waals surface area (Å²) in [6.45, 7) is 1.92. The average Bonchev–Trinajstić information content (AvgIpc) is 2.37. The number of ether oxygens (including phenoxy) is 2. The molecule has 0 unspecified atom stereocenters. The fourth-order valence-corrected chi connectivity index (χ4v) is 2.17. The van der Waals surface area contributed by atoms with E-state index in [0.717, 1.165) is 5.75 Å². The van der Waals surface area contributed by atoms with Crippen LogP contribution in [0, 0.1) is 0 Å². The predicted molar refractivity (Wildman–Crippen MR) is 57.2 cm³/mol. The number of fused-ring (bicyclic) bond motifs is 1. The second kappa shape index (κ2) is 3.79. The van der Waals surface area contributed by atoms with Gasteiger partial charge in [-0.05, 0) is 12.1 Å². The Morgan fingerprint density at radius 2 is 2.12 bits per heavy atom. The normalized spacial score (nSPS) is 28.2. The third-order valence-corrected chi connectivity index (χ3v) is 3.05. The molecule has 1 aromatic rings. The fourth-order valence-electron chi connectivity index (χ4n) is 2.17. The summed E-state index contributed by atoms with van der Waals surface area (Å²) in [7, 11) is 0. The van der Waals surface area contributed by atoms with Crippen LogP contribution in [0.15, 0.2) is 30.3 Å². The molecule has 2 heterocycles. The zero-order valence-electron chi connectivity index (χ0n) is 8.83. The smallest absolute Gasteiger partial charge is 0.266 e. The van der Waals surface area contributed by atoms with Crippen molar-refractivity contribution in [1.82, 2.24) is 4.90 Å². The van der Waals surface area contributed by atoms with Crippen molar-refractivity contribution in [1.29, 1.82) is 0 Å². The van der Waals surface area contributed by atoms with E-state index in [-0.39, 0.29) is 18.1 Å². The van der Waals surface area contributed by atoms with E-state index in [4.69, 9.17) is 9.47 Å². The molecule has 0 aromatic heterocycles. The molecule has 0 bridgehead atoms. The molecule has 2 saturated heterocycles. The highest BCUT2D eigenvalue weighted by atomic mass is 16.5. The number of amides is 1. The summed E-state index contributed by atoms with van der Waals surface area (Å²) >= 11 is 0. The fraction of sp³-hybridized carbons (Fsp3) is 0.417. The van der Waals surface area contributed by atoms with Crippen LogP contribution in [-0.2, 0) is 9.53 Å². The Balaban J connectivity index is 1.70. The molecule has 2 aliphatic rings. The Morgan fingerprint density at radius 1 is 1.31 bits per heavy atom. The van der Waals surface area contributed by atoms with Gasteiger partial charge in [-0.3, -0.25) is 4.79 Å². The van der Waals surface area contributed by atoms with Gasteiger partial charge in [-0.1, -0.05) is 18.2 Å². The Hall–Kier alpha value is -1.55. The third-order valence-electron chi connectivity index (χ3n) is 3.05. The molecule has 0 saturated carbocycles. The van der Waals surface area contributed by atoms with E-state index in [1.807, 2.05) is 35.2 Å². The highest BCUT2D eigenvalue weighted by Gasteiger charge is 2.50. The van der Waals surface area contributed by atoms with Gasteiger partial charge in [0.15, 0.2) is 6.10 Å². The SMILES string of the molecule is O=C1[C@H](Oc2ccccc2)[C@@H]2COCCN12. The standard InChI is InChI=1S/C12H13NO3/c14-12-11(10-8-15-7-6-13(10)12)16-9-4-2-1-3-5-9/h1-5,10-11H,6-8H2/t10-,11+/m0/s1. The first-order valence-electron chi connectivity index (χ1n) is 5.46. The summed E-state index contributed by atoms with van der Waals surface area (Å²) in [4.78, 5) is 13.6. The van der Waals surface area contributed by atoms with Gasteiger partial charge in [-0.25, -0.2) is 0 Å². The molecule has 0 radical (unpaired) electrons. The Kier molecular flexibility index (Phi) is 2.29. The van der Waals surface area contributed by atoms with Crippen LogP contribution in [-0.4, -0.2) is 42.7 Å².